The summed E-state index contributed by atoms with van der Waals surface area (Å²) in [5, 5.41) is 24.1. The van der Waals surface area contributed by atoms with Crippen molar-refractivity contribution in [2.45, 2.75) is 12.6 Å². The first kappa shape index (κ1) is 11.4. The maximum absolute atomic E-state index is 9.61. The summed E-state index contributed by atoms with van der Waals surface area (Å²) in [6, 6.07) is 5.25. The molecule has 0 fully saturated rings. The van der Waals surface area contributed by atoms with Gasteiger partial charge < -0.3 is 10.2 Å². The standard InChI is InChI=1S/C11H12ClN2O2/c1-7(16)11-9-6-8(12)2-3-10(9)13-14(11)4-5-15/h2-3,6-7,15-16H,1,4-5H2. The predicted molar refractivity (Wildman–Crippen MR) is 62.1 cm³/mol. The van der Waals surface area contributed by atoms with E-state index in [-0.39, 0.29) is 6.61 Å². The maximum atomic E-state index is 9.61. The van der Waals surface area contributed by atoms with Gasteiger partial charge in [0.15, 0.2) is 0 Å². The lowest BCUT2D eigenvalue weighted by atomic mass is 10.1. The summed E-state index contributed by atoms with van der Waals surface area (Å²) in [5.74, 6) is 0. The second-order valence-electron chi connectivity index (χ2n) is 3.51. The number of rotatable bonds is 3. The first-order valence-electron chi connectivity index (χ1n) is 4.91. The highest BCUT2D eigenvalue weighted by molar-refractivity contribution is 6.31. The third kappa shape index (κ3) is 1.91. The van der Waals surface area contributed by atoms with Crippen molar-refractivity contribution < 1.29 is 10.2 Å². The van der Waals surface area contributed by atoms with Crippen molar-refractivity contribution in [3.63, 3.8) is 0 Å². The number of benzene rings is 1. The molecule has 0 bridgehead atoms. The highest BCUT2D eigenvalue weighted by Crippen LogP contribution is 2.26. The van der Waals surface area contributed by atoms with Crippen molar-refractivity contribution in [1.82, 2.24) is 9.78 Å². The summed E-state index contributed by atoms with van der Waals surface area (Å²) in [5.41, 5.74) is 1.31. The number of halogens is 1. The van der Waals surface area contributed by atoms with Crippen molar-refractivity contribution in [3.8, 4) is 0 Å². The zero-order valence-corrected chi connectivity index (χ0v) is 9.35. The average Bonchev–Trinajstić information content (AvgIpc) is 2.55. The number of fused-ring (bicyclic) bond motifs is 1. The number of aliphatic hydroxyl groups is 2. The number of hydrogen-bond donors (Lipinski definition) is 2. The molecule has 0 amide bonds. The lowest BCUT2D eigenvalue weighted by Crippen LogP contribution is -2.10. The molecule has 2 rings (SSSR count). The fraction of sp³-hybridized carbons (Fsp3) is 0.273. The minimum atomic E-state index is -0.894. The van der Waals surface area contributed by atoms with Crippen molar-refractivity contribution in [3.05, 3.63) is 35.8 Å². The van der Waals surface area contributed by atoms with E-state index >= 15 is 0 Å². The van der Waals surface area contributed by atoms with Crippen LogP contribution in [0.3, 0.4) is 0 Å². The Hall–Kier alpha value is -1.10. The SMILES string of the molecule is [CH2]C(O)c1c2cc(Cl)ccc2nn1CCO. The van der Waals surface area contributed by atoms with Gasteiger partial charge in [0.1, 0.15) is 0 Å². The van der Waals surface area contributed by atoms with Gasteiger partial charge in [-0.3, -0.25) is 4.68 Å². The van der Waals surface area contributed by atoms with E-state index in [1.54, 1.807) is 22.9 Å². The van der Waals surface area contributed by atoms with Crippen molar-refractivity contribution in [2.24, 2.45) is 0 Å². The van der Waals surface area contributed by atoms with Crippen LogP contribution >= 0.6 is 11.6 Å². The fourth-order valence-corrected chi connectivity index (χ4v) is 1.91. The third-order valence-corrected chi connectivity index (χ3v) is 2.60. The van der Waals surface area contributed by atoms with E-state index in [1.165, 1.54) is 0 Å². The summed E-state index contributed by atoms with van der Waals surface area (Å²) < 4.78 is 1.55. The van der Waals surface area contributed by atoms with E-state index in [2.05, 4.69) is 12.0 Å². The van der Waals surface area contributed by atoms with Gasteiger partial charge in [-0.1, -0.05) is 11.6 Å². The van der Waals surface area contributed by atoms with Crippen molar-refractivity contribution in [1.29, 1.82) is 0 Å². The van der Waals surface area contributed by atoms with E-state index in [0.717, 1.165) is 10.9 Å². The molecular formula is C11H12ClN2O2. The van der Waals surface area contributed by atoms with Gasteiger partial charge in [-0.15, -0.1) is 0 Å². The Morgan fingerprint density at radius 2 is 2.25 bits per heavy atom. The molecule has 85 valence electrons. The molecule has 2 N–H and O–H groups in total. The molecule has 1 aromatic heterocycles. The number of hydrogen-bond acceptors (Lipinski definition) is 3. The Bertz CT molecular complexity index is 508. The minimum Gasteiger partial charge on any atom is -0.394 e. The number of nitrogens with zero attached hydrogens (tertiary/aromatic N) is 2. The van der Waals surface area contributed by atoms with Gasteiger partial charge in [0.05, 0.1) is 30.5 Å². The zero-order chi connectivity index (χ0) is 11.7. The zero-order valence-electron chi connectivity index (χ0n) is 8.60. The second-order valence-corrected chi connectivity index (χ2v) is 3.95. The normalized spacial score (nSPS) is 13.2. The van der Waals surface area contributed by atoms with Crippen molar-refractivity contribution in [2.75, 3.05) is 6.61 Å². The minimum absolute atomic E-state index is 0.0402. The average molecular weight is 240 g/mol. The predicted octanol–water partition coefficient (Wildman–Crippen LogP) is 1.55. The molecule has 1 radical (unpaired) electrons. The maximum Gasteiger partial charge on any atom is 0.0964 e. The summed E-state index contributed by atoms with van der Waals surface area (Å²) in [6.45, 7) is 3.86. The van der Waals surface area contributed by atoms with Crippen LogP contribution in [0.1, 0.15) is 11.8 Å². The Kier molecular flexibility index (Phi) is 3.14. The van der Waals surface area contributed by atoms with Crippen LogP contribution in [0.25, 0.3) is 10.9 Å². The van der Waals surface area contributed by atoms with Crippen LogP contribution in [0.15, 0.2) is 18.2 Å². The Balaban J connectivity index is 2.67. The van der Waals surface area contributed by atoms with Crippen LogP contribution < -0.4 is 0 Å². The molecule has 0 saturated carbocycles. The van der Waals surface area contributed by atoms with Gasteiger partial charge in [-0.05, 0) is 25.1 Å². The highest BCUT2D eigenvalue weighted by atomic mass is 35.5. The molecule has 1 atom stereocenters. The summed E-state index contributed by atoms with van der Waals surface area (Å²) >= 11 is 5.89. The Labute approximate surface area is 98.1 Å². The van der Waals surface area contributed by atoms with Gasteiger partial charge >= 0.3 is 0 Å². The lowest BCUT2D eigenvalue weighted by Gasteiger charge is -2.08. The second kappa shape index (κ2) is 4.41. The lowest BCUT2D eigenvalue weighted by molar-refractivity contribution is 0.206. The van der Waals surface area contributed by atoms with Crippen LogP contribution in [0.4, 0.5) is 0 Å². The molecule has 0 aliphatic rings. The number of aliphatic hydroxyl groups excluding tert-OH is 2. The highest BCUT2D eigenvalue weighted by Gasteiger charge is 2.15. The molecular weight excluding hydrogens is 228 g/mol. The van der Waals surface area contributed by atoms with Gasteiger partial charge in [0.25, 0.3) is 0 Å². The van der Waals surface area contributed by atoms with Crippen LogP contribution in [-0.2, 0) is 6.54 Å². The quantitative estimate of drug-likeness (QED) is 0.855. The molecule has 0 aliphatic heterocycles. The van der Waals surface area contributed by atoms with Crippen LogP contribution in [0, 0.1) is 6.92 Å². The van der Waals surface area contributed by atoms with E-state index in [1.807, 2.05) is 0 Å². The van der Waals surface area contributed by atoms with Gasteiger partial charge in [0.2, 0.25) is 0 Å². The van der Waals surface area contributed by atoms with Gasteiger partial charge in [0, 0.05) is 10.4 Å². The largest absolute Gasteiger partial charge is 0.394 e. The van der Waals surface area contributed by atoms with Gasteiger partial charge in [-0.25, -0.2) is 0 Å². The first-order chi connectivity index (χ1) is 7.63. The van der Waals surface area contributed by atoms with Crippen LogP contribution in [0.5, 0.6) is 0 Å². The van der Waals surface area contributed by atoms with Crippen LogP contribution in [0.2, 0.25) is 5.02 Å². The van der Waals surface area contributed by atoms with Crippen LogP contribution in [-0.4, -0.2) is 26.6 Å². The monoisotopic (exact) mass is 239 g/mol. The fourth-order valence-electron chi connectivity index (χ4n) is 1.74. The molecule has 4 nitrogen and oxygen atoms in total. The molecule has 5 heteroatoms. The molecule has 1 aromatic carbocycles. The Morgan fingerprint density at radius 1 is 1.50 bits per heavy atom. The summed E-state index contributed by atoms with van der Waals surface area (Å²) in [4.78, 5) is 0. The van der Waals surface area contributed by atoms with Gasteiger partial charge in [-0.2, -0.15) is 5.10 Å². The first-order valence-corrected chi connectivity index (χ1v) is 5.29. The molecule has 1 unspecified atom stereocenters. The molecule has 2 aromatic rings. The summed E-state index contributed by atoms with van der Waals surface area (Å²) in [7, 11) is 0. The molecule has 0 saturated heterocycles. The Morgan fingerprint density at radius 3 is 2.88 bits per heavy atom. The molecule has 0 aliphatic carbocycles. The smallest absolute Gasteiger partial charge is 0.0964 e. The van der Waals surface area contributed by atoms with Crippen molar-refractivity contribution >= 4 is 22.5 Å². The van der Waals surface area contributed by atoms with E-state index < -0.39 is 6.10 Å². The van der Waals surface area contributed by atoms with E-state index in [4.69, 9.17) is 16.7 Å². The van der Waals surface area contributed by atoms with E-state index in [0.29, 0.717) is 17.3 Å². The summed E-state index contributed by atoms with van der Waals surface area (Å²) in [6.07, 6.45) is -0.894. The molecule has 0 spiro atoms. The topological polar surface area (TPSA) is 58.3 Å². The van der Waals surface area contributed by atoms with E-state index in [9.17, 15) is 5.11 Å². The molecule has 16 heavy (non-hydrogen) atoms. The third-order valence-electron chi connectivity index (χ3n) is 2.37. The molecule has 1 heterocycles. The number of aromatic nitrogens is 2.